The van der Waals surface area contributed by atoms with Crippen LogP contribution >= 0.6 is 0 Å². The number of rotatable bonds is 6. The molecule has 0 spiro atoms. The first-order valence-electron chi connectivity index (χ1n) is 13.2. The average Bonchev–Trinajstić information content (AvgIpc) is 3.44. The van der Waals surface area contributed by atoms with E-state index in [0.29, 0.717) is 30.9 Å². The summed E-state index contributed by atoms with van der Waals surface area (Å²) in [5.74, 6) is 1.60. The summed E-state index contributed by atoms with van der Waals surface area (Å²) < 4.78 is 6.16. The van der Waals surface area contributed by atoms with Crippen molar-refractivity contribution in [1.82, 2.24) is 15.1 Å². The molecule has 2 saturated heterocycles. The Morgan fingerprint density at radius 2 is 1.64 bits per heavy atom. The fourth-order valence-corrected chi connectivity index (χ4v) is 6.48. The Morgan fingerprint density at radius 3 is 2.36 bits per heavy atom. The molecule has 4 aliphatic rings. The van der Waals surface area contributed by atoms with Crippen LogP contribution in [0.4, 0.5) is 0 Å². The van der Waals surface area contributed by atoms with E-state index in [9.17, 15) is 14.4 Å². The molecule has 7 nitrogen and oxygen atoms in total. The topological polar surface area (TPSA) is 79.0 Å². The quantitative estimate of drug-likeness (QED) is 0.623. The number of ether oxygens (including phenoxy) is 1. The second-order valence-electron chi connectivity index (χ2n) is 10.8. The largest absolute Gasteiger partial charge is 0.489 e. The molecule has 0 bridgehead atoms. The van der Waals surface area contributed by atoms with Crippen molar-refractivity contribution < 1.29 is 20.5 Å². The summed E-state index contributed by atoms with van der Waals surface area (Å²) in [7, 11) is 0. The number of amides is 3. The lowest BCUT2D eigenvalue weighted by Crippen LogP contribution is -2.52. The summed E-state index contributed by atoms with van der Waals surface area (Å²) in [6.45, 7) is 4.22. The van der Waals surface area contributed by atoms with Gasteiger partial charge in [0.25, 0.3) is 5.91 Å². The summed E-state index contributed by atoms with van der Waals surface area (Å²) in [6.07, 6.45) is 6.20. The van der Waals surface area contributed by atoms with Crippen molar-refractivity contribution in [2.24, 2.45) is 11.8 Å². The highest BCUT2D eigenvalue weighted by atomic mass is 16.5. The van der Waals surface area contributed by atoms with Crippen LogP contribution in [-0.2, 0) is 29.3 Å². The van der Waals surface area contributed by atoms with Crippen LogP contribution in [0.5, 0.6) is 5.75 Å². The molecule has 6 rings (SSSR count). The molecule has 36 heavy (non-hydrogen) atoms. The van der Waals surface area contributed by atoms with Crippen molar-refractivity contribution in [2.75, 3.05) is 13.1 Å². The summed E-state index contributed by atoms with van der Waals surface area (Å²) in [6, 6.07) is 13.5. The van der Waals surface area contributed by atoms with E-state index >= 15 is 0 Å². The van der Waals surface area contributed by atoms with Crippen LogP contribution in [0.2, 0.25) is 0 Å². The van der Waals surface area contributed by atoms with Gasteiger partial charge in [-0.25, -0.2) is 0 Å². The van der Waals surface area contributed by atoms with E-state index in [1.165, 1.54) is 44.3 Å². The zero-order valence-electron chi connectivity index (χ0n) is 20.6. The van der Waals surface area contributed by atoms with Gasteiger partial charge in [-0.3, -0.25) is 24.6 Å². The van der Waals surface area contributed by atoms with E-state index < -0.39 is 11.9 Å². The van der Waals surface area contributed by atoms with Crippen LogP contribution < -0.4 is 10.1 Å². The van der Waals surface area contributed by atoms with E-state index in [1.807, 2.05) is 12.1 Å². The predicted molar refractivity (Wildman–Crippen MR) is 136 cm³/mol. The van der Waals surface area contributed by atoms with E-state index in [-0.39, 0.29) is 19.7 Å². The van der Waals surface area contributed by atoms with E-state index in [0.717, 1.165) is 29.5 Å². The third kappa shape index (κ3) is 4.52. The minimum Gasteiger partial charge on any atom is -0.489 e. The number of imide groups is 1. The number of carbonyl (C=O) groups excluding carboxylic acids is 3. The molecule has 7 heteroatoms. The van der Waals surface area contributed by atoms with Crippen LogP contribution in [-0.4, -0.2) is 46.7 Å². The number of likely N-dealkylation sites (tertiary alicyclic amines) is 1. The van der Waals surface area contributed by atoms with Gasteiger partial charge in [0.05, 0.1) is 6.54 Å². The SMILES string of the molecule is O=C1CCC(N2Cc3c(OCc4ccc(CN5C[C@H]6CCCC[C@H]6C5)cc4)cccc3C2=O)C(=O)N1.[HH]. The molecular formula is C29H35N3O4. The number of nitrogens with zero attached hydrogens (tertiary/aromatic N) is 2. The first-order valence-corrected chi connectivity index (χ1v) is 13.2. The number of hydrogen-bond donors (Lipinski definition) is 1. The molecule has 1 saturated carbocycles. The molecule has 1 N–H and O–H groups in total. The first kappa shape index (κ1) is 23.2. The van der Waals surface area contributed by atoms with E-state index in [4.69, 9.17) is 4.74 Å². The lowest BCUT2D eigenvalue weighted by atomic mass is 9.82. The number of fused-ring (bicyclic) bond motifs is 2. The van der Waals surface area contributed by atoms with Crippen LogP contribution in [0.3, 0.4) is 0 Å². The van der Waals surface area contributed by atoms with E-state index in [2.05, 4.69) is 34.5 Å². The maximum Gasteiger partial charge on any atom is 0.255 e. The Hall–Kier alpha value is -3.19. The van der Waals surface area contributed by atoms with Gasteiger partial charge < -0.3 is 9.64 Å². The van der Waals surface area contributed by atoms with Gasteiger partial charge in [-0.15, -0.1) is 0 Å². The lowest BCUT2D eigenvalue weighted by molar-refractivity contribution is -0.136. The maximum absolute atomic E-state index is 13.0. The predicted octanol–water partition coefficient (Wildman–Crippen LogP) is 3.89. The first-order chi connectivity index (χ1) is 17.5. The monoisotopic (exact) mass is 489 g/mol. The molecule has 3 fully saturated rings. The summed E-state index contributed by atoms with van der Waals surface area (Å²) in [5, 5.41) is 2.35. The van der Waals surface area contributed by atoms with Gasteiger partial charge in [0, 0.05) is 38.6 Å². The van der Waals surface area contributed by atoms with Crippen LogP contribution in [0.25, 0.3) is 0 Å². The Morgan fingerprint density at radius 1 is 0.917 bits per heavy atom. The molecular weight excluding hydrogens is 454 g/mol. The molecule has 2 aromatic rings. The molecule has 3 amide bonds. The summed E-state index contributed by atoms with van der Waals surface area (Å²) in [4.78, 5) is 41.0. The van der Waals surface area contributed by atoms with Crippen LogP contribution in [0, 0.1) is 11.8 Å². The Kier molecular flexibility index (Phi) is 6.25. The van der Waals surface area contributed by atoms with Crippen molar-refractivity contribution in [3.8, 4) is 5.75 Å². The molecule has 190 valence electrons. The molecule has 3 aliphatic heterocycles. The smallest absolute Gasteiger partial charge is 0.255 e. The minimum absolute atomic E-state index is 0. The highest BCUT2D eigenvalue weighted by Gasteiger charge is 2.40. The normalized spacial score (nSPS) is 26.1. The second kappa shape index (κ2) is 9.69. The van der Waals surface area contributed by atoms with Gasteiger partial charge in [0.15, 0.2) is 0 Å². The van der Waals surface area contributed by atoms with Gasteiger partial charge in [-0.2, -0.15) is 0 Å². The number of hydrogen-bond acceptors (Lipinski definition) is 5. The third-order valence-electron chi connectivity index (χ3n) is 8.41. The standard InChI is InChI=1S/C29H33N3O4.H2/c33-27-13-12-25(28(34)30-27)32-17-24-23(29(32)35)6-3-7-26(24)36-18-20-10-8-19(9-11-20)14-31-15-21-4-1-2-5-22(21)16-31;/h3,6-11,21-22,25H,1-2,4-5,12-18H2,(H,30,33,34);1H/t21-,22+,25?;. The summed E-state index contributed by atoms with van der Waals surface area (Å²) >= 11 is 0. The Bertz CT molecular complexity index is 1170. The second-order valence-corrected chi connectivity index (χ2v) is 10.8. The average molecular weight is 490 g/mol. The van der Waals surface area contributed by atoms with Crippen molar-refractivity contribution >= 4 is 17.7 Å². The van der Waals surface area contributed by atoms with Crippen LogP contribution in [0.15, 0.2) is 42.5 Å². The van der Waals surface area contributed by atoms with Gasteiger partial charge in [0.2, 0.25) is 11.8 Å². The van der Waals surface area contributed by atoms with Crippen molar-refractivity contribution in [1.29, 1.82) is 0 Å². The molecule has 1 aliphatic carbocycles. The van der Waals surface area contributed by atoms with Crippen molar-refractivity contribution in [3.63, 3.8) is 0 Å². The van der Waals surface area contributed by atoms with Gasteiger partial charge in [0.1, 0.15) is 18.4 Å². The lowest BCUT2D eigenvalue weighted by Gasteiger charge is -2.29. The molecule has 0 radical (unpaired) electrons. The molecule has 1 unspecified atom stereocenters. The van der Waals surface area contributed by atoms with Crippen LogP contribution in [0.1, 0.15) is 67.0 Å². The zero-order valence-corrected chi connectivity index (χ0v) is 20.6. The van der Waals surface area contributed by atoms with E-state index in [1.54, 1.807) is 11.0 Å². The Balaban J connectivity index is 0.00000280. The van der Waals surface area contributed by atoms with Gasteiger partial charge >= 0.3 is 0 Å². The molecule has 2 aromatic carbocycles. The van der Waals surface area contributed by atoms with Crippen molar-refractivity contribution in [3.05, 3.63) is 64.7 Å². The third-order valence-corrected chi connectivity index (χ3v) is 8.41. The molecule has 3 heterocycles. The number of carbonyl (C=O) groups is 3. The number of benzene rings is 2. The zero-order chi connectivity index (χ0) is 24.6. The number of nitrogens with one attached hydrogen (secondary N) is 1. The minimum atomic E-state index is -0.623. The van der Waals surface area contributed by atoms with Crippen molar-refractivity contribution in [2.45, 2.75) is 64.3 Å². The maximum atomic E-state index is 13.0. The fraction of sp³-hybridized carbons (Fsp3) is 0.483. The summed E-state index contributed by atoms with van der Waals surface area (Å²) in [5.41, 5.74) is 3.79. The highest BCUT2D eigenvalue weighted by molar-refractivity contribution is 6.05. The highest BCUT2D eigenvalue weighted by Crippen LogP contribution is 2.37. The van der Waals surface area contributed by atoms with Gasteiger partial charge in [-0.1, -0.05) is 43.2 Å². The molecule has 0 aromatic heterocycles. The fourth-order valence-electron chi connectivity index (χ4n) is 6.48. The number of piperidine rings is 1. The van der Waals surface area contributed by atoms with Gasteiger partial charge in [-0.05, 0) is 54.4 Å². The Labute approximate surface area is 213 Å². The molecule has 3 atom stereocenters.